The fourth-order valence-corrected chi connectivity index (χ4v) is 4.64. The van der Waals surface area contributed by atoms with Gasteiger partial charge in [0.2, 0.25) is 0 Å². The van der Waals surface area contributed by atoms with Crippen LogP contribution in [-0.2, 0) is 23.2 Å². The molecule has 1 amide bonds. The second kappa shape index (κ2) is 11.2. The molecule has 0 atom stereocenters. The Kier molecular flexibility index (Phi) is 7.87. The number of hydrogen-bond acceptors (Lipinski definition) is 4. The van der Waals surface area contributed by atoms with Crippen molar-refractivity contribution in [3.8, 4) is 5.75 Å². The molecule has 0 radical (unpaired) electrons. The number of ether oxygens (including phenoxy) is 1. The summed E-state index contributed by atoms with van der Waals surface area (Å²) in [4.78, 5) is 12.7. The summed E-state index contributed by atoms with van der Waals surface area (Å²) >= 11 is 6.26. The van der Waals surface area contributed by atoms with Crippen molar-refractivity contribution in [1.82, 2.24) is 5.32 Å². The number of halogens is 2. The van der Waals surface area contributed by atoms with Crippen LogP contribution >= 0.6 is 11.6 Å². The number of nitrogens with one attached hydrogen (secondary N) is 2. The number of anilines is 1. The lowest BCUT2D eigenvalue weighted by atomic mass is 10.1. The standard InChI is InChI=1S/C27H22ClFN2O4S/c28-26-16-22(31-36(33,34)24-4-2-1-3-5-24)12-15-25(26)27(32)30-17-19-8-13-23(14-9-19)35-18-20-6-10-21(29)11-7-20/h1-16,31H,17-18H2,(H,30,32). The minimum atomic E-state index is -3.77. The predicted octanol–water partition coefficient (Wildman–Crippen LogP) is 5.79. The molecule has 0 saturated heterocycles. The van der Waals surface area contributed by atoms with Gasteiger partial charge in [0.25, 0.3) is 15.9 Å². The van der Waals surface area contributed by atoms with Crippen LogP contribution in [0, 0.1) is 5.82 Å². The molecular weight excluding hydrogens is 503 g/mol. The number of carbonyl (C=O) groups is 1. The Hall–Kier alpha value is -3.88. The molecule has 4 aromatic carbocycles. The van der Waals surface area contributed by atoms with Crippen molar-refractivity contribution in [1.29, 1.82) is 0 Å². The zero-order valence-electron chi connectivity index (χ0n) is 18.9. The normalized spacial score (nSPS) is 11.1. The summed E-state index contributed by atoms with van der Waals surface area (Å²) in [7, 11) is -3.77. The van der Waals surface area contributed by atoms with Crippen LogP contribution in [0.4, 0.5) is 10.1 Å². The molecule has 0 aliphatic rings. The van der Waals surface area contributed by atoms with Gasteiger partial charge in [-0.1, -0.05) is 54.1 Å². The van der Waals surface area contributed by atoms with Crippen molar-refractivity contribution in [3.05, 3.63) is 125 Å². The topological polar surface area (TPSA) is 84.5 Å². The van der Waals surface area contributed by atoms with Gasteiger partial charge in [-0.3, -0.25) is 9.52 Å². The van der Waals surface area contributed by atoms with Crippen LogP contribution in [0.5, 0.6) is 5.75 Å². The highest BCUT2D eigenvalue weighted by molar-refractivity contribution is 7.92. The van der Waals surface area contributed by atoms with Gasteiger partial charge in [0.15, 0.2) is 0 Å². The molecule has 9 heteroatoms. The van der Waals surface area contributed by atoms with E-state index in [1.165, 1.54) is 42.5 Å². The van der Waals surface area contributed by atoms with E-state index in [0.717, 1.165) is 11.1 Å². The van der Waals surface area contributed by atoms with Crippen molar-refractivity contribution in [2.24, 2.45) is 0 Å². The van der Waals surface area contributed by atoms with Crippen molar-refractivity contribution in [2.75, 3.05) is 4.72 Å². The average Bonchev–Trinajstić information content (AvgIpc) is 2.88. The molecule has 184 valence electrons. The quantitative estimate of drug-likeness (QED) is 0.290. The Labute approximate surface area is 213 Å². The average molecular weight is 525 g/mol. The number of benzene rings is 4. The van der Waals surface area contributed by atoms with Gasteiger partial charge in [0.1, 0.15) is 18.2 Å². The molecule has 0 aromatic heterocycles. The molecular formula is C27H22ClFN2O4S. The van der Waals surface area contributed by atoms with Gasteiger partial charge in [-0.05, 0) is 65.7 Å². The fourth-order valence-electron chi connectivity index (χ4n) is 3.30. The number of hydrogen-bond donors (Lipinski definition) is 2. The molecule has 6 nitrogen and oxygen atoms in total. The summed E-state index contributed by atoms with van der Waals surface area (Å²) in [6, 6.07) is 25.6. The second-order valence-corrected chi connectivity index (χ2v) is 9.94. The summed E-state index contributed by atoms with van der Waals surface area (Å²) in [6.07, 6.45) is 0. The van der Waals surface area contributed by atoms with Crippen LogP contribution in [0.1, 0.15) is 21.5 Å². The zero-order valence-corrected chi connectivity index (χ0v) is 20.5. The minimum Gasteiger partial charge on any atom is -0.489 e. The molecule has 0 bridgehead atoms. The second-order valence-electron chi connectivity index (χ2n) is 7.85. The number of carbonyl (C=O) groups excluding carboxylic acids is 1. The Balaban J connectivity index is 1.31. The number of amides is 1. The first-order chi connectivity index (χ1) is 17.3. The summed E-state index contributed by atoms with van der Waals surface area (Å²) < 4.78 is 46.1. The minimum absolute atomic E-state index is 0.116. The smallest absolute Gasteiger partial charge is 0.261 e. The van der Waals surface area contributed by atoms with E-state index in [0.29, 0.717) is 12.4 Å². The lowest BCUT2D eigenvalue weighted by Crippen LogP contribution is -2.23. The van der Waals surface area contributed by atoms with Crippen molar-refractivity contribution in [2.45, 2.75) is 18.0 Å². The van der Waals surface area contributed by atoms with Crippen LogP contribution in [0.3, 0.4) is 0 Å². The Morgan fingerprint density at radius 3 is 2.19 bits per heavy atom. The highest BCUT2D eigenvalue weighted by Gasteiger charge is 2.16. The SMILES string of the molecule is O=C(NCc1ccc(OCc2ccc(F)cc2)cc1)c1ccc(NS(=O)(=O)c2ccccc2)cc1Cl. The van der Waals surface area contributed by atoms with E-state index in [9.17, 15) is 17.6 Å². The van der Waals surface area contributed by atoms with Gasteiger partial charge in [0.05, 0.1) is 21.2 Å². The van der Waals surface area contributed by atoms with E-state index in [1.807, 2.05) is 12.1 Å². The fraction of sp³-hybridized carbons (Fsp3) is 0.0741. The van der Waals surface area contributed by atoms with Gasteiger partial charge >= 0.3 is 0 Å². The van der Waals surface area contributed by atoms with Crippen LogP contribution < -0.4 is 14.8 Å². The molecule has 0 heterocycles. The van der Waals surface area contributed by atoms with Crippen LogP contribution in [0.25, 0.3) is 0 Å². The first kappa shape index (κ1) is 25.2. The predicted molar refractivity (Wildman–Crippen MR) is 137 cm³/mol. The van der Waals surface area contributed by atoms with Crippen molar-refractivity contribution in [3.63, 3.8) is 0 Å². The highest BCUT2D eigenvalue weighted by Crippen LogP contribution is 2.24. The third-order valence-corrected chi connectivity index (χ3v) is 6.92. The molecule has 0 unspecified atom stereocenters. The Bertz CT molecular complexity index is 1450. The first-order valence-corrected chi connectivity index (χ1v) is 12.8. The van der Waals surface area contributed by atoms with Crippen molar-refractivity contribution < 1.29 is 22.3 Å². The summed E-state index contributed by atoms with van der Waals surface area (Å²) in [5.41, 5.74) is 2.17. The van der Waals surface area contributed by atoms with Crippen LogP contribution in [0.2, 0.25) is 5.02 Å². The largest absolute Gasteiger partial charge is 0.489 e. The molecule has 0 spiro atoms. The Morgan fingerprint density at radius 2 is 1.53 bits per heavy atom. The maximum absolute atomic E-state index is 13.0. The number of rotatable bonds is 9. The third-order valence-electron chi connectivity index (χ3n) is 5.21. The van der Waals surface area contributed by atoms with E-state index < -0.39 is 15.9 Å². The zero-order chi connectivity index (χ0) is 25.5. The third kappa shape index (κ3) is 6.62. The summed E-state index contributed by atoms with van der Waals surface area (Å²) in [5.74, 6) is -0.0462. The van der Waals surface area contributed by atoms with Gasteiger partial charge in [-0.15, -0.1) is 0 Å². The lowest BCUT2D eigenvalue weighted by molar-refractivity contribution is 0.0951. The molecule has 2 N–H and O–H groups in total. The van der Waals surface area contributed by atoms with E-state index in [2.05, 4.69) is 10.0 Å². The summed E-state index contributed by atoms with van der Waals surface area (Å²) in [5, 5.41) is 2.91. The maximum atomic E-state index is 13.0. The van der Waals surface area contributed by atoms with Crippen molar-refractivity contribution >= 4 is 33.2 Å². The van der Waals surface area contributed by atoms with E-state index in [4.69, 9.17) is 16.3 Å². The van der Waals surface area contributed by atoms with Crippen LogP contribution in [-0.4, -0.2) is 14.3 Å². The molecule has 0 aliphatic heterocycles. The van der Waals surface area contributed by atoms with Gasteiger partial charge in [0, 0.05) is 6.54 Å². The van der Waals surface area contributed by atoms with Gasteiger partial charge in [-0.2, -0.15) is 0 Å². The van der Waals surface area contributed by atoms with Gasteiger partial charge < -0.3 is 10.1 Å². The Morgan fingerprint density at radius 1 is 0.861 bits per heavy atom. The molecule has 36 heavy (non-hydrogen) atoms. The molecule has 4 aromatic rings. The first-order valence-electron chi connectivity index (χ1n) is 10.9. The maximum Gasteiger partial charge on any atom is 0.261 e. The van der Waals surface area contributed by atoms with Gasteiger partial charge in [-0.25, -0.2) is 12.8 Å². The van der Waals surface area contributed by atoms with E-state index in [1.54, 1.807) is 42.5 Å². The van der Waals surface area contributed by atoms with E-state index in [-0.39, 0.29) is 33.5 Å². The molecule has 0 aliphatic carbocycles. The molecule has 0 saturated carbocycles. The molecule has 4 rings (SSSR count). The van der Waals surface area contributed by atoms with E-state index >= 15 is 0 Å². The monoisotopic (exact) mass is 524 g/mol. The highest BCUT2D eigenvalue weighted by atomic mass is 35.5. The summed E-state index contributed by atoms with van der Waals surface area (Å²) in [6.45, 7) is 0.572. The lowest BCUT2D eigenvalue weighted by Gasteiger charge is -2.11. The van der Waals surface area contributed by atoms with Crippen LogP contribution in [0.15, 0.2) is 102 Å². The number of sulfonamides is 1. The molecule has 0 fully saturated rings.